The van der Waals surface area contributed by atoms with Crippen molar-refractivity contribution in [1.82, 2.24) is 5.32 Å². The number of rotatable bonds is 5. The van der Waals surface area contributed by atoms with Crippen LogP contribution in [0.1, 0.15) is 31.2 Å². The Morgan fingerprint density at radius 1 is 1.15 bits per heavy atom. The quantitative estimate of drug-likeness (QED) is 0.884. The van der Waals surface area contributed by atoms with E-state index in [2.05, 4.69) is 11.4 Å². The Hall–Kier alpha value is -0.280. The van der Waals surface area contributed by atoms with Gasteiger partial charge in [0.05, 0.1) is 10.0 Å². The Kier molecular flexibility index (Phi) is 4.56. The van der Waals surface area contributed by atoms with Gasteiger partial charge in [-0.2, -0.15) is 0 Å². The van der Waals surface area contributed by atoms with Crippen LogP contribution in [-0.2, 0) is 11.2 Å². The highest BCUT2D eigenvalue weighted by Crippen LogP contribution is 2.36. The smallest absolute Gasteiger partial charge is 0.0595 e. The summed E-state index contributed by atoms with van der Waals surface area (Å²) in [4.78, 5) is 0. The zero-order chi connectivity index (χ0) is 14.0. The molecule has 0 radical (unpaired) electrons. The van der Waals surface area contributed by atoms with Gasteiger partial charge in [0.1, 0.15) is 0 Å². The number of benzene rings is 1. The molecule has 0 amide bonds. The standard InChI is InChI=1S/C16H21Cl2NO/c17-14-4-1-12(9-15(14)18)10-16(5-7-20-8-6-16)11-19-13-2-3-13/h1,4,9,13,19H,2-3,5-8,10-11H2. The van der Waals surface area contributed by atoms with E-state index in [4.69, 9.17) is 27.9 Å². The summed E-state index contributed by atoms with van der Waals surface area (Å²) < 4.78 is 5.55. The number of ether oxygens (including phenoxy) is 1. The summed E-state index contributed by atoms with van der Waals surface area (Å²) in [6, 6.07) is 6.77. The lowest BCUT2D eigenvalue weighted by molar-refractivity contribution is 0.0147. The Bertz CT molecular complexity index is 468. The fourth-order valence-electron chi connectivity index (χ4n) is 2.95. The molecule has 2 aliphatic rings. The van der Waals surface area contributed by atoms with Gasteiger partial charge in [0, 0.05) is 25.8 Å². The van der Waals surface area contributed by atoms with Crippen molar-refractivity contribution >= 4 is 23.2 Å². The molecule has 1 aliphatic carbocycles. The van der Waals surface area contributed by atoms with Gasteiger partial charge in [0.25, 0.3) is 0 Å². The van der Waals surface area contributed by atoms with Crippen LogP contribution in [0, 0.1) is 5.41 Å². The van der Waals surface area contributed by atoms with E-state index in [9.17, 15) is 0 Å². The van der Waals surface area contributed by atoms with Gasteiger partial charge in [0.15, 0.2) is 0 Å². The first-order chi connectivity index (χ1) is 9.67. The van der Waals surface area contributed by atoms with Crippen LogP contribution in [0.3, 0.4) is 0 Å². The molecule has 0 unspecified atom stereocenters. The monoisotopic (exact) mass is 313 g/mol. The van der Waals surface area contributed by atoms with Crippen LogP contribution in [0.2, 0.25) is 10.0 Å². The van der Waals surface area contributed by atoms with Crippen LogP contribution in [0.15, 0.2) is 18.2 Å². The molecule has 3 rings (SSSR count). The molecule has 0 atom stereocenters. The van der Waals surface area contributed by atoms with Crippen LogP contribution < -0.4 is 5.32 Å². The number of halogens is 2. The molecule has 0 bridgehead atoms. The summed E-state index contributed by atoms with van der Waals surface area (Å²) in [5.74, 6) is 0. The molecule has 0 aromatic heterocycles. The zero-order valence-electron chi connectivity index (χ0n) is 11.6. The Morgan fingerprint density at radius 2 is 1.90 bits per heavy atom. The van der Waals surface area contributed by atoms with Gasteiger partial charge in [-0.25, -0.2) is 0 Å². The fraction of sp³-hybridized carbons (Fsp3) is 0.625. The van der Waals surface area contributed by atoms with Gasteiger partial charge in [-0.05, 0) is 55.2 Å². The van der Waals surface area contributed by atoms with Gasteiger partial charge in [0.2, 0.25) is 0 Å². The topological polar surface area (TPSA) is 21.3 Å². The molecule has 1 N–H and O–H groups in total. The Morgan fingerprint density at radius 3 is 2.55 bits per heavy atom. The van der Waals surface area contributed by atoms with Crippen LogP contribution in [0.5, 0.6) is 0 Å². The van der Waals surface area contributed by atoms with E-state index in [0.717, 1.165) is 45.1 Å². The second kappa shape index (κ2) is 6.23. The molecule has 4 heteroatoms. The average Bonchev–Trinajstić information content (AvgIpc) is 3.26. The third-order valence-corrected chi connectivity index (χ3v) is 5.20. The first-order valence-electron chi connectivity index (χ1n) is 7.42. The minimum absolute atomic E-state index is 0.304. The van der Waals surface area contributed by atoms with E-state index in [1.54, 1.807) is 0 Å². The van der Waals surface area contributed by atoms with Crippen LogP contribution >= 0.6 is 23.2 Å². The van der Waals surface area contributed by atoms with Crippen molar-refractivity contribution in [3.05, 3.63) is 33.8 Å². The lowest BCUT2D eigenvalue weighted by Gasteiger charge is -2.38. The number of hydrogen-bond donors (Lipinski definition) is 1. The maximum absolute atomic E-state index is 6.14. The maximum atomic E-state index is 6.14. The van der Waals surface area contributed by atoms with E-state index >= 15 is 0 Å². The van der Waals surface area contributed by atoms with E-state index in [1.165, 1.54) is 18.4 Å². The highest BCUT2D eigenvalue weighted by atomic mass is 35.5. The summed E-state index contributed by atoms with van der Waals surface area (Å²) in [7, 11) is 0. The zero-order valence-corrected chi connectivity index (χ0v) is 13.1. The van der Waals surface area contributed by atoms with Gasteiger partial charge in [-0.3, -0.25) is 0 Å². The van der Waals surface area contributed by atoms with Crippen molar-refractivity contribution in [3.63, 3.8) is 0 Å². The molecule has 2 nitrogen and oxygen atoms in total. The predicted molar refractivity (Wildman–Crippen MR) is 83.7 cm³/mol. The van der Waals surface area contributed by atoms with Gasteiger partial charge < -0.3 is 10.1 Å². The number of nitrogens with one attached hydrogen (secondary N) is 1. The number of hydrogen-bond acceptors (Lipinski definition) is 2. The third-order valence-electron chi connectivity index (χ3n) is 4.46. The first-order valence-corrected chi connectivity index (χ1v) is 8.18. The molecule has 1 saturated heterocycles. The maximum Gasteiger partial charge on any atom is 0.0595 e. The summed E-state index contributed by atoms with van der Waals surface area (Å²) >= 11 is 12.1. The van der Waals surface area contributed by atoms with Gasteiger partial charge >= 0.3 is 0 Å². The molecule has 1 saturated carbocycles. The molecule has 2 fully saturated rings. The largest absolute Gasteiger partial charge is 0.381 e. The first kappa shape index (κ1) is 14.6. The molecule has 110 valence electrons. The van der Waals surface area contributed by atoms with E-state index < -0.39 is 0 Å². The lowest BCUT2D eigenvalue weighted by atomic mass is 9.75. The van der Waals surface area contributed by atoms with E-state index in [1.807, 2.05) is 12.1 Å². The highest BCUT2D eigenvalue weighted by molar-refractivity contribution is 6.42. The van der Waals surface area contributed by atoms with Crippen molar-refractivity contribution < 1.29 is 4.74 Å². The molecule has 1 aromatic rings. The van der Waals surface area contributed by atoms with Crippen LogP contribution in [0.4, 0.5) is 0 Å². The van der Waals surface area contributed by atoms with E-state index in [-0.39, 0.29) is 0 Å². The summed E-state index contributed by atoms with van der Waals surface area (Å²) in [5.41, 5.74) is 1.58. The third kappa shape index (κ3) is 3.67. The molecule has 20 heavy (non-hydrogen) atoms. The molecule has 1 aliphatic heterocycles. The summed E-state index contributed by atoms with van der Waals surface area (Å²) in [6.45, 7) is 2.82. The predicted octanol–water partition coefficient (Wildman–Crippen LogP) is 4.08. The van der Waals surface area contributed by atoms with Crippen molar-refractivity contribution in [3.8, 4) is 0 Å². The minimum Gasteiger partial charge on any atom is -0.381 e. The van der Waals surface area contributed by atoms with Gasteiger partial charge in [-0.15, -0.1) is 0 Å². The molecule has 0 spiro atoms. The molecular formula is C16H21Cl2NO. The second-order valence-corrected chi connectivity index (χ2v) is 7.01. The van der Waals surface area contributed by atoms with Crippen molar-refractivity contribution in [1.29, 1.82) is 0 Å². The molecular weight excluding hydrogens is 293 g/mol. The van der Waals surface area contributed by atoms with Crippen molar-refractivity contribution in [2.45, 2.75) is 38.1 Å². The average molecular weight is 314 g/mol. The SMILES string of the molecule is Clc1ccc(CC2(CNC3CC3)CCOCC2)cc1Cl. The van der Waals surface area contributed by atoms with Crippen LogP contribution in [-0.4, -0.2) is 25.8 Å². The summed E-state index contributed by atoms with van der Waals surface area (Å²) in [6.07, 6.45) is 5.95. The fourth-order valence-corrected chi connectivity index (χ4v) is 3.27. The van der Waals surface area contributed by atoms with Crippen molar-refractivity contribution in [2.24, 2.45) is 5.41 Å². The van der Waals surface area contributed by atoms with Crippen LogP contribution in [0.25, 0.3) is 0 Å². The second-order valence-electron chi connectivity index (χ2n) is 6.19. The Labute approximate surface area is 130 Å². The van der Waals surface area contributed by atoms with E-state index in [0.29, 0.717) is 15.5 Å². The van der Waals surface area contributed by atoms with Gasteiger partial charge in [-0.1, -0.05) is 29.3 Å². The normalized spacial score (nSPS) is 21.9. The van der Waals surface area contributed by atoms with Crippen molar-refractivity contribution in [2.75, 3.05) is 19.8 Å². The summed E-state index contributed by atoms with van der Waals surface area (Å²) in [5, 5.41) is 4.98. The molecule has 1 heterocycles. The minimum atomic E-state index is 0.304. The lowest BCUT2D eigenvalue weighted by Crippen LogP contribution is -2.41. The molecule has 1 aromatic carbocycles. The Balaban J connectivity index is 1.71. The highest BCUT2D eigenvalue weighted by Gasteiger charge is 2.34.